The lowest BCUT2D eigenvalue weighted by Gasteiger charge is -2.25. The molecule has 5 nitrogen and oxygen atoms in total. The monoisotopic (exact) mass is 211 g/mol. The largest absolute Gasteiger partial charge is 0.394 e. The van der Waals surface area contributed by atoms with Crippen molar-refractivity contribution in [2.75, 3.05) is 6.61 Å². The molecule has 0 aliphatic heterocycles. The van der Waals surface area contributed by atoms with Crippen molar-refractivity contribution in [2.45, 2.75) is 32.4 Å². The number of carbonyl (C=O) groups excluding carboxylic acids is 1. The second kappa shape index (κ2) is 4.44. The number of carbonyl (C=O) groups is 1. The maximum absolute atomic E-state index is 11.7. The van der Waals surface area contributed by atoms with E-state index in [-0.39, 0.29) is 18.6 Å². The van der Waals surface area contributed by atoms with Crippen LogP contribution in [0, 0.1) is 0 Å². The first kappa shape index (κ1) is 11.7. The fourth-order valence-corrected chi connectivity index (χ4v) is 1.11. The molecule has 84 valence electrons. The molecule has 1 amide bonds. The first-order valence-corrected chi connectivity index (χ1v) is 4.88. The van der Waals surface area contributed by atoms with Gasteiger partial charge in [0.25, 0.3) is 0 Å². The Bertz CT molecular complexity index is 319. The van der Waals surface area contributed by atoms with E-state index in [0.717, 1.165) is 0 Å². The predicted octanol–water partition coefficient (Wildman–Crippen LogP) is 0.331. The molecular weight excluding hydrogens is 194 g/mol. The Kier molecular flexibility index (Phi) is 3.47. The van der Waals surface area contributed by atoms with Crippen molar-refractivity contribution in [2.24, 2.45) is 0 Å². The van der Waals surface area contributed by atoms with Crippen LogP contribution in [0.15, 0.2) is 18.5 Å². The summed E-state index contributed by atoms with van der Waals surface area (Å²) < 4.78 is 1.57. The molecule has 1 unspecified atom stereocenters. The molecule has 5 heteroatoms. The predicted molar refractivity (Wildman–Crippen MR) is 56.2 cm³/mol. The third-order valence-electron chi connectivity index (χ3n) is 2.16. The maximum Gasteiger partial charge on any atom is 0.245 e. The zero-order valence-electron chi connectivity index (χ0n) is 9.27. The van der Waals surface area contributed by atoms with Crippen molar-refractivity contribution in [3.8, 4) is 0 Å². The van der Waals surface area contributed by atoms with Crippen LogP contribution in [0.1, 0.15) is 26.8 Å². The van der Waals surface area contributed by atoms with Crippen molar-refractivity contribution in [3.05, 3.63) is 18.5 Å². The van der Waals surface area contributed by atoms with Gasteiger partial charge in [-0.2, -0.15) is 5.10 Å². The lowest BCUT2D eigenvalue weighted by molar-refractivity contribution is -0.126. The average Bonchev–Trinajstić information content (AvgIpc) is 2.68. The normalized spacial score (nSPS) is 13.6. The van der Waals surface area contributed by atoms with Gasteiger partial charge in [-0.25, -0.2) is 0 Å². The molecule has 0 saturated heterocycles. The van der Waals surface area contributed by atoms with Gasteiger partial charge in [0, 0.05) is 12.4 Å². The van der Waals surface area contributed by atoms with Crippen molar-refractivity contribution < 1.29 is 9.90 Å². The van der Waals surface area contributed by atoms with Gasteiger partial charge < -0.3 is 10.4 Å². The Morgan fingerprint density at radius 2 is 2.33 bits per heavy atom. The van der Waals surface area contributed by atoms with Gasteiger partial charge in [-0.3, -0.25) is 9.48 Å². The number of nitrogens with zero attached hydrogens (tertiary/aromatic N) is 2. The summed E-state index contributed by atoms with van der Waals surface area (Å²) in [4.78, 5) is 11.7. The van der Waals surface area contributed by atoms with E-state index in [1.54, 1.807) is 43.9 Å². The Hall–Kier alpha value is -1.36. The van der Waals surface area contributed by atoms with E-state index in [9.17, 15) is 4.79 Å². The average molecular weight is 211 g/mol. The van der Waals surface area contributed by atoms with E-state index in [1.165, 1.54) is 0 Å². The van der Waals surface area contributed by atoms with Crippen LogP contribution in [0.25, 0.3) is 0 Å². The number of nitrogens with one attached hydrogen (secondary N) is 1. The number of aliphatic hydroxyl groups excluding tert-OH is 1. The molecule has 0 bridgehead atoms. The van der Waals surface area contributed by atoms with Crippen molar-refractivity contribution in [3.63, 3.8) is 0 Å². The molecule has 15 heavy (non-hydrogen) atoms. The highest BCUT2D eigenvalue weighted by molar-refractivity contribution is 5.80. The van der Waals surface area contributed by atoms with Crippen LogP contribution in [0.2, 0.25) is 0 Å². The molecule has 0 aliphatic rings. The highest BCUT2D eigenvalue weighted by Crippen LogP contribution is 2.07. The van der Waals surface area contributed by atoms with Gasteiger partial charge in [0.2, 0.25) is 5.91 Å². The molecule has 0 aliphatic carbocycles. The molecule has 1 atom stereocenters. The van der Waals surface area contributed by atoms with Gasteiger partial charge >= 0.3 is 0 Å². The molecular formula is C10H17N3O2. The third kappa shape index (κ3) is 3.06. The SMILES string of the molecule is CC(C(=O)NC(C)(C)CO)n1cccn1. The standard InChI is InChI=1S/C10H17N3O2/c1-8(13-6-4-5-11-13)9(15)12-10(2,3)7-14/h4-6,8,14H,7H2,1-3H3,(H,12,15). The van der Waals surface area contributed by atoms with Crippen LogP contribution in [0.5, 0.6) is 0 Å². The number of hydrogen-bond donors (Lipinski definition) is 2. The van der Waals surface area contributed by atoms with Gasteiger partial charge in [0.15, 0.2) is 0 Å². The van der Waals surface area contributed by atoms with E-state index >= 15 is 0 Å². The number of rotatable bonds is 4. The van der Waals surface area contributed by atoms with Gasteiger partial charge in [-0.05, 0) is 26.8 Å². The van der Waals surface area contributed by atoms with Gasteiger partial charge in [0.1, 0.15) is 6.04 Å². The Labute approximate surface area is 89.1 Å². The lowest BCUT2D eigenvalue weighted by Crippen LogP contribution is -2.48. The van der Waals surface area contributed by atoms with Crippen LogP contribution < -0.4 is 5.32 Å². The Morgan fingerprint density at radius 3 is 2.80 bits per heavy atom. The van der Waals surface area contributed by atoms with Gasteiger partial charge in [-0.1, -0.05) is 0 Å². The summed E-state index contributed by atoms with van der Waals surface area (Å²) in [6, 6.07) is 1.40. The molecule has 0 spiro atoms. The Balaban J connectivity index is 2.62. The minimum atomic E-state index is -0.599. The molecule has 0 aromatic carbocycles. The summed E-state index contributed by atoms with van der Waals surface area (Å²) in [5.74, 6) is -0.155. The fourth-order valence-electron chi connectivity index (χ4n) is 1.11. The van der Waals surface area contributed by atoms with E-state index in [0.29, 0.717) is 0 Å². The fraction of sp³-hybridized carbons (Fsp3) is 0.600. The van der Waals surface area contributed by atoms with E-state index in [1.807, 2.05) is 0 Å². The second-order valence-electron chi connectivity index (χ2n) is 4.19. The van der Waals surface area contributed by atoms with Crippen molar-refractivity contribution >= 4 is 5.91 Å². The van der Waals surface area contributed by atoms with Gasteiger partial charge in [-0.15, -0.1) is 0 Å². The summed E-state index contributed by atoms with van der Waals surface area (Å²) in [5.41, 5.74) is -0.599. The quantitative estimate of drug-likeness (QED) is 0.754. The van der Waals surface area contributed by atoms with Crippen LogP contribution in [-0.4, -0.2) is 32.9 Å². The molecule has 1 aromatic rings. The summed E-state index contributed by atoms with van der Waals surface area (Å²) in [7, 11) is 0. The smallest absolute Gasteiger partial charge is 0.245 e. The van der Waals surface area contributed by atoms with E-state index < -0.39 is 5.54 Å². The molecule has 0 saturated carbocycles. The zero-order valence-corrected chi connectivity index (χ0v) is 9.27. The van der Waals surface area contributed by atoms with Crippen molar-refractivity contribution in [1.82, 2.24) is 15.1 Å². The first-order chi connectivity index (χ1) is 6.96. The molecule has 2 N–H and O–H groups in total. The number of aliphatic hydroxyl groups is 1. The summed E-state index contributed by atoms with van der Waals surface area (Å²) >= 11 is 0. The first-order valence-electron chi connectivity index (χ1n) is 4.88. The summed E-state index contributed by atoms with van der Waals surface area (Å²) in [6.45, 7) is 5.20. The van der Waals surface area contributed by atoms with Crippen LogP contribution >= 0.6 is 0 Å². The van der Waals surface area contributed by atoms with E-state index in [2.05, 4.69) is 10.4 Å². The third-order valence-corrected chi connectivity index (χ3v) is 2.16. The van der Waals surface area contributed by atoms with E-state index in [4.69, 9.17) is 5.11 Å². The number of aromatic nitrogens is 2. The summed E-state index contributed by atoms with van der Waals surface area (Å²) in [5, 5.41) is 15.7. The number of amides is 1. The number of hydrogen-bond acceptors (Lipinski definition) is 3. The highest BCUT2D eigenvalue weighted by Gasteiger charge is 2.23. The lowest BCUT2D eigenvalue weighted by atomic mass is 10.1. The molecule has 1 heterocycles. The minimum Gasteiger partial charge on any atom is -0.394 e. The molecule has 1 rings (SSSR count). The van der Waals surface area contributed by atoms with Gasteiger partial charge in [0.05, 0.1) is 12.1 Å². The topological polar surface area (TPSA) is 67.2 Å². The molecule has 1 aromatic heterocycles. The zero-order chi connectivity index (χ0) is 11.5. The summed E-state index contributed by atoms with van der Waals surface area (Å²) in [6.07, 6.45) is 3.36. The van der Waals surface area contributed by atoms with Crippen LogP contribution in [-0.2, 0) is 4.79 Å². The highest BCUT2D eigenvalue weighted by atomic mass is 16.3. The minimum absolute atomic E-state index is 0.0927. The molecule has 0 fully saturated rings. The van der Waals surface area contributed by atoms with Crippen LogP contribution in [0.4, 0.5) is 0 Å². The maximum atomic E-state index is 11.7. The van der Waals surface area contributed by atoms with Crippen molar-refractivity contribution in [1.29, 1.82) is 0 Å². The second-order valence-corrected chi connectivity index (χ2v) is 4.19. The van der Waals surface area contributed by atoms with Crippen LogP contribution in [0.3, 0.4) is 0 Å². The Morgan fingerprint density at radius 1 is 1.67 bits per heavy atom. The molecule has 0 radical (unpaired) electrons.